The molecule has 1 nitrogen and oxygen atoms in total. The molecular formula is C18H14F3IOS. The number of benzene rings is 2. The Morgan fingerprint density at radius 2 is 1.79 bits per heavy atom. The van der Waals surface area contributed by atoms with Gasteiger partial charge in [-0.3, -0.25) is 0 Å². The van der Waals surface area contributed by atoms with E-state index in [2.05, 4.69) is 32.4 Å². The molecule has 0 atom stereocenters. The SMILES string of the molecule is CC(C)Oc1cc(C#CSI)ccc1-c1ccccc1C(F)(F)F. The number of hydrogen-bond donors (Lipinski definition) is 0. The van der Waals surface area contributed by atoms with Crippen LogP contribution in [0.1, 0.15) is 25.0 Å². The Morgan fingerprint density at radius 1 is 1.08 bits per heavy atom. The van der Waals surface area contributed by atoms with Crippen LogP contribution in [0, 0.1) is 11.2 Å². The summed E-state index contributed by atoms with van der Waals surface area (Å²) in [7, 11) is 1.34. The predicted octanol–water partition coefficient (Wildman–Crippen LogP) is 6.55. The lowest BCUT2D eigenvalue weighted by Crippen LogP contribution is -2.09. The first-order valence-electron chi connectivity index (χ1n) is 7.09. The number of alkyl halides is 3. The molecular weight excluding hydrogens is 448 g/mol. The molecule has 0 aliphatic rings. The van der Waals surface area contributed by atoms with E-state index in [1.807, 2.05) is 13.8 Å². The molecule has 0 saturated carbocycles. The lowest BCUT2D eigenvalue weighted by Gasteiger charge is -2.18. The summed E-state index contributed by atoms with van der Waals surface area (Å²) in [6, 6.07) is 10.5. The van der Waals surface area contributed by atoms with Crippen LogP contribution in [0.5, 0.6) is 5.75 Å². The van der Waals surface area contributed by atoms with E-state index in [4.69, 9.17) is 4.74 Å². The van der Waals surface area contributed by atoms with Crippen LogP contribution < -0.4 is 4.74 Å². The van der Waals surface area contributed by atoms with Crippen LogP contribution in [-0.2, 0) is 6.18 Å². The third-order valence-corrected chi connectivity index (χ3v) is 3.94. The monoisotopic (exact) mass is 462 g/mol. The van der Waals surface area contributed by atoms with E-state index in [9.17, 15) is 13.2 Å². The quantitative estimate of drug-likeness (QED) is 0.378. The van der Waals surface area contributed by atoms with Crippen molar-refractivity contribution in [2.75, 3.05) is 0 Å². The molecule has 2 rings (SSSR count). The van der Waals surface area contributed by atoms with Crippen molar-refractivity contribution in [2.45, 2.75) is 26.1 Å². The first-order chi connectivity index (χ1) is 11.3. The van der Waals surface area contributed by atoms with Crippen LogP contribution in [0.2, 0.25) is 0 Å². The van der Waals surface area contributed by atoms with Crippen LogP contribution in [0.15, 0.2) is 42.5 Å². The second kappa shape index (κ2) is 8.17. The zero-order valence-corrected chi connectivity index (χ0v) is 15.9. The van der Waals surface area contributed by atoms with Crippen molar-refractivity contribution in [1.82, 2.24) is 0 Å². The molecule has 0 bridgehead atoms. The highest BCUT2D eigenvalue weighted by molar-refractivity contribution is 14.2. The van der Waals surface area contributed by atoms with Gasteiger partial charge >= 0.3 is 6.18 Å². The lowest BCUT2D eigenvalue weighted by atomic mass is 9.97. The molecule has 0 unspecified atom stereocenters. The minimum Gasteiger partial charge on any atom is -0.490 e. The topological polar surface area (TPSA) is 9.23 Å². The van der Waals surface area contributed by atoms with E-state index in [1.165, 1.54) is 21.1 Å². The summed E-state index contributed by atoms with van der Waals surface area (Å²) >= 11 is 2.06. The average Bonchev–Trinajstić information content (AvgIpc) is 2.52. The molecule has 0 amide bonds. The van der Waals surface area contributed by atoms with Crippen molar-refractivity contribution in [1.29, 1.82) is 0 Å². The third-order valence-electron chi connectivity index (χ3n) is 3.10. The van der Waals surface area contributed by atoms with Gasteiger partial charge in [0.2, 0.25) is 0 Å². The zero-order chi connectivity index (χ0) is 17.7. The van der Waals surface area contributed by atoms with Gasteiger partial charge in [-0.1, -0.05) is 24.1 Å². The van der Waals surface area contributed by atoms with Gasteiger partial charge in [0.1, 0.15) is 5.75 Å². The molecule has 24 heavy (non-hydrogen) atoms. The van der Waals surface area contributed by atoms with E-state index in [1.54, 1.807) is 24.3 Å². The molecule has 2 aromatic carbocycles. The zero-order valence-electron chi connectivity index (χ0n) is 12.9. The van der Waals surface area contributed by atoms with Crippen LogP contribution in [-0.4, -0.2) is 6.10 Å². The van der Waals surface area contributed by atoms with Crippen LogP contribution in [0.3, 0.4) is 0 Å². The Bertz CT molecular complexity index is 776. The van der Waals surface area contributed by atoms with E-state index in [0.717, 1.165) is 6.07 Å². The molecule has 6 heteroatoms. The van der Waals surface area contributed by atoms with Crippen molar-refractivity contribution in [3.8, 4) is 28.0 Å². The fourth-order valence-corrected chi connectivity index (χ4v) is 2.70. The molecule has 126 valence electrons. The molecule has 0 aliphatic heterocycles. The number of ether oxygens (including phenoxy) is 1. The van der Waals surface area contributed by atoms with Crippen molar-refractivity contribution in [3.63, 3.8) is 0 Å². The number of halogens is 4. The summed E-state index contributed by atoms with van der Waals surface area (Å²) in [6.45, 7) is 3.66. The molecule has 0 N–H and O–H groups in total. The Kier molecular flexibility index (Phi) is 6.47. The summed E-state index contributed by atoms with van der Waals surface area (Å²) in [5.74, 6) is 3.33. The minimum absolute atomic E-state index is 0.100. The average molecular weight is 462 g/mol. The van der Waals surface area contributed by atoms with Crippen LogP contribution >= 0.6 is 30.1 Å². The summed E-state index contributed by atoms with van der Waals surface area (Å²) in [5, 5.41) is 2.86. The normalized spacial score (nSPS) is 11.1. The third kappa shape index (κ3) is 4.84. The highest BCUT2D eigenvalue weighted by Gasteiger charge is 2.34. The molecule has 0 fully saturated rings. The Morgan fingerprint density at radius 3 is 2.42 bits per heavy atom. The highest BCUT2D eigenvalue weighted by atomic mass is 127. The van der Waals surface area contributed by atoms with E-state index >= 15 is 0 Å². The lowest BCUT2D eigenvalue weighted by molar-refractivity contribution is -0.137. The highest BCUT2D eigenvalue weighted by Crippen LogP contribution is 2.40. The van der Waals surface area contributed by atoms with E-state index in [-0.39, 0.29) is 11.7 Å². The number of rotatable bonds is 3. The van der Waals surface area contributed by atoms with Gasteiger partial charge < -0.3 is 4.74 Å². The minimum atomic E-state index is -4.43. The van der Waals surface area contributed by atoms with E-state index < -0.39 is 11.7 Å². The second-order valence-corrected chi connectivity index (χ2v) is 6.90. The Balaban J connectivity index is 2.62. The van der Waals surface area contributed by atoms with Gasteiger partial charge in [-0.25, -0.2) is 0 Å². The van der Waals surface area contributed by atoms with Crippen molar-refractivity contribution >= 4 is 30.1 Å². The van der Waals surface area contributed by atoms with Gasteiger partial charge in [-0.2, -0.15) is 13.2 Å². The predicted molar refractivity (Wildman–Crippen MR) is 101 cm³/mol. The van der Waals surface area contributed by atoms with Gasteiger partial charge in [0, 0.05) is 32.3 Å². The van der Waals surface area contributed by atoms with Crippen LogP contribution in [0.4, 0.5) is 13.2 Å². The van der Waals surface area contributed by atoms with Gasteiger partial charge in [-0.15, -0.1) is 0 Å². The Hall–Kier alpha value is -1.33. The molecule has 0 aliphatic carbocycles. The molecule has 0 saturated heterocycles. The second-order valence-electron chi connectivity index (χ2n) is 5.23. The molecule has 2 aromatic rings. The maximum Gasteiger partial charge on any atom is 0.417 e. The van der Waals surface area contributed by atoms with Crippen LogP contribution in [0.25, 0.3) is 11.1 Å². The molecule has 0 aromatic heterocycles. The maximum absolute atomic E-state index is 13.3. The van der Waals surface area contributed by atoms with Gasteiger partial charge in [0.05, 0.1) is 11.7 Å². The first kappa shape index (κ1) is 19.0. The number of hydrogen-bond acceptors (Lipinski definition) is 2. The maximum atomic E-state index is 13.3. The summed E-state index contributed by atoms with van der Waals surface area (Å²) in [5.41, 5.74) is 0.524. The smallest absolute Gasteiger partial charge is 0.417 e. The summed E-state index contributed by atoms with van der Waals surface area (Å²) in [6.07, 6.45) is -4.59. The first-order valence-corrected chi connectivity index (χ1v) is 10.4. The van der Waals surface area contributed by atoms with E-state index in [0.29, 0.717) is 16.9 Å². The van der Waals surface area contributed by atoms with Gasteiger partial charge in [0.25, 0.3) is 0 Å². The van der Waals surface area contributed by atoms with Gasteiger partial charge in [-0.05, 0) is 57.9 Å². The van der Waals surface area contributed by atoms with Gasteiger partial charge in [0.15, 0.2) is 0 Å². The summed E-state index contributed by atoms with van der Waals surface area (Å²) < 4.78 is 45.7. The Labute approximate surface area is 155 Å². The van der Waals surface area contributed by atoms with Crippen molar-refractivity contribution < 1.29 is 17.9 Å². The summed E-state index contributed by atoms with van der Waals surface area (Å²) in [4.78, 5) is 0. The fourth-order valence-electron chi connectivity index (χ4n) is 2.22. The largest absolute Gasteiger partial charge is 0.490 e. The fraction of sp³-hybridized carbons (Fsp3) is 0.222. The standard InChI is InChI=1S/C18H14F3IOS/c1-12(2)23-17-11-13(9-10-24-22)7-8-15(17)14-5-3-4-6-16(14)18(19,20)21/h3-8,11-12H,1-2H3. The van der Waals surface area contributed by atoms with Crippen molar-refractivity contribution in [3.05, 3.63) is 53.6 Å². The van der Waals surface area contributed by atoms with Crippen molar-refractivity contribution in [2.24, 2.45) is 0 Å². The molecule has 0 radical (unpaired) electrons. The molecule has 0 spiro atoms. The molecule has 0 heterocycles.